The van der Waals surface area contributed by atoms with Crippen LogP contribution in [0.15, 0.2) is 36.7 Å². The number of hydrogen-bond acceptors (Lipinski definition) is 2. The van der Waals surface area contributed by atoms with Gasteiger partial charge in [-0.15, -0.1) is 0 Å². The largest absolute Gasteiger partial charge is 0.338 e. The normalized spacial score (nSPS) is 10.6. The Balaban J connectivity index is 2.06. The lowest BCUT2D eigenvalue weighted by atomic mass is 10.1. The number of imidazole rings is 1. The van der Waals surface area contributed by atoms with Gasteiger partial charge in [-0.05, 0) is 25.8 Å². The van der Waals surface area contributed by atoms with Crippen molar-refractivity contribution in [2.75, 3.05) is 13.1 Å². The number of hydrogen-bond donors (Lipinski definition) is 1. The number of amides is 2. The molecule has 0 radical (unpaired) electrons. The minimum Gasteiger partial charge on any atom is -0.338 e. The molecule has 0 aliphatic heterocycles. The smallest absolute Gasteiger partial charge is 0.317 e. The van der Waals surface area contributed by atoms with Crippen molar-refractivity contribution in [1.29, 1.82) is 0 Å². The Labute approximate surface area is 138 Å². The minimum absolute atomic E-state index is 0.0283. The summed E-state index contributed by atoms with van der Waals surface area (Å²) in [7, 11) is 0. The Kier molecular flexibility index (Phi) is 6.20. The highest BCUT2D eigenvalue weighted by Crippen LogP contribution is 2.10. The van der Waals surface area contributed by atoms with Gasteiger partial charge in [-0.1, -0.05) is 36.8 Å². The zero-order chi connectivity index (χ0) is 16.7. The van der Waals surface area contributed by atoms with E-state index in [1.54, 1.807) is 11.1 Å². The number of urea groups is 1. The van der Waals surface area contributed by atoms with Crippen LogP contribution in [0.4, 0.5) is 4.79 Å². The van der Waals surface area contributed by atoms with Gasteiger partial charge < -0.3 is 14.8 Å². The van der Waals surface area contributed by atoms with E-state index in [4.69, 9.17) is 0 Å². The van der Waals surface area contributed by atoms with Gasteiger partial charge in [0.2, 0.25) is 0 Å². The van der Waals surface area contributed by atoms with Crippen molar-refractivity contribution >= 4 is 6.03 Å². The highest BCUT2D eigenvalue weighted by molar-refractivity contribution is 5.73. The summed E-state index contributed by atoms with van der Waals surface area (Å²) in [4.78, 5) is 18.4. The monoisotopic (exact) mass is 314 g/mol. The first-order chi connectivity index (χ1) is 11.1. The molecule has 2 amide bonds. The third kappa shape index (κ3) is 4.84. The number of rotatable bonds is 7. The van der Waals surface area contributed by atoms with Gasteiger partial charge in [0.15, 0.2) is 0 Å². The summed E-state index contributed by atoms with van der Waals surface area (Å²) in [5, 5.41) is 2.92. The number of nitrogens with one attached hydrogen (secondary N) is 1. The van der Waals surface area contributed by atoms with Gasteiger partial charge in [-0.2, -0.15) is 0 Å². The van der Waals surface area contributed by atoms with Crippen LogP contribution in [0, 0.1) is 6.92 Å². The zero-order valence-corrected chi connectivity index (χ0v) is 14.2. The fraction of sp³-hybridized carbons (Fsp3) is 0.444. The number of carbonyl (C=O) groups is 1. The van der Waals surface area contributed by atoms with Gasteiger partial charge in [-0.3, -0.25) is 0 Å². The van der Waals surface area contributed by atoms with Crippen molar-refractivity contribution in [1.82, 2.24) is 19.8 Å². The summed E-state index contributed by atoms with van der Waals surface area (Å²) in [6.45, 7) is 8.77. The fourth-order valence-electron chi connectivity index (χ4n) is 2.48. The van der Waals surface area contributed by atoms with Crippen molar-refractivity contribution < 1.29 is 4.79 Å². The van der Waals surface area contributed by atoms with Gasteiger partial charge >= 0.3 is 6.03 Å². The predicted molar refractivity (Wildman–Crippen MR) is 92.3 cm³/mol. The van der Waals surface area contributed by atoms with E-state index in [1.165, 1.54) is 11.1 Å². The molecule has 1 N–H and O–H groups in total. The first kappa shape index (κ1) is 17.1. The van der Waals surface area contributed by atoms with Crippen LogP contribution in [0.5, 0.6) is 0 Å². The average molecular weight is 314 g/mol. The maximum atomic E-state index is 12.2. The summed E-state index contributed by atoms with van der Waals surface area (Å²) in [5.74, 6) is 0.903. The average Bonchev–Trinajstić information content (AvgIpc) is 2.97. The lowest BCUT2D eigenvalue weighted by Gasteiger charge is -2.21. The van der Waals surface area contributed by atoms with Crippen molar-refractivity contribution in [3.05, 3.63) is 53.6 Å². The number of nitrogens with zero attached hydrogens (tertiary/aromatic N) is 3. The molecule has 0 bridgehead atoms. The van der Waals surface area contributed by atoms with E-state index in [0.29, 0.717) is 19.6 Å². The van der Waals surface area contributed by atoms with Crippen LogP contribution in [-0.4, -0.2) is 33.6 Å². The summed E-state index contributed by atoms with van der Waals surface area (Å²) in [6.07, 6.45) is 4.70. The molecule has 1 aromatic carbocycles. The number of aromatic nitrogens is 2. The van der Waals surface area contributed by atoms with Crippen molar-refractivity contribution in [3.8, 4) is 0 Å². The molecular weight excluding hydrogens is 288 g/mol. The third-order valence-electron chi connectivity index (χ3n) is 3.76. The minimum atomic E-state index is -0.0283. The quantitative estimate of drug-likeness (QED) is 0.853. The molecule has 124 valence electrons. The van der Waals surface area contributed by atoms with Crippen LogP contribution in [-0.2, 0) is 13.1 Å². The number of carbonyl (C=O) groups excluding carboxylic acids is 1. The van der Waals surface area contributed by atoms with Gasteiger partial charge in [-0.25, -0.2) is 9.78 Å². The van der Waals surface area contributed by atoms with Gasteiger partial charge in [0, 0.05) is 32.0 Å². The number of aryl methyl sites for hydroxylation is 1. The Bertz CT molecular complexity index is 635. The van der Waals surface area contributed by atoms with Crippen LogP contribution in [0.1, 0.15) is 37.2 Å². The molecule has 1 aromatic heterocycles. The molecule has 0 aliphatic carbocycles. The lowest BCUT2D eigenvalue weighted by molar-refractivity contribution is 0.196. The van der Waals surface area contributed by atoms with Crippen LogP contribution in [0.25, 0.3) is 0 Å². The van der Waals surface area contributed by atoms with Crippen LogP contribution in [0.2, 0.25) is 0 Å². The van der Waals surface area contributed by atoms with Crippen molar-refractivity contribution in [2.45, 2.75) is 40.3 Å². The van der Waals surface area contributed by atoms with E-state index in [0.717, 1.165) is 18.8 Å². The summed E-state index contributed by atoms with van der Waals surface area (Å²) >= 11 is 0. The topological polar surface area (TPSA) is 50.2 Å². The summed E-state index contributed by atoms with van der Waals surface area (Å²) < 4.78 is 2.10. The Hall–Kier alpha value is -2.30. The molecule has 5 nitrogen and oxygen atoms in total. The molecular formula is C18H26N4O. The van der Waals surface area contributed by atoms with Crippen LogP contribution < -0.4 is 5.32 Å². The molecule has 0 saturated carbocycles. The molecule has 5 heteroatoms. The zero-order valence-electron chi connectivity index (χ0n) is 14.2. The van der Waals surface area contributed by atoms with Crippen LogP contribution in [0.3, 0.4) is 0 Å². The highest BCUT2D eigenvalue weighted by Gasteiger charge is 2.14. The third-order valence-corrected chi connectivity index (χ3v) is 3.76. The van der Waals surface area contributed by atoms with Gasteiger partial charge in [0.1, 0.15) is 5.82 Å². The second-order valence-electron chi connectivity index (χ2n) is 5.71. The van der Waals surface area contributed by atoms with Gasteiger partial charge in [0.05, 0.1) is 6.54 Å². The predicted octanol–water partition coefficient (Wildman–Crippen LogP) is 3.18. The Morgan fingerprint density at radius 3 is 2.87 bits per heavy atom. The SMILES string of the molecule is CCCNC(=O)N(CC)Cc1nccn1Cc1cccc(C)c1. The molecule has 1 heterocycles. The highest BCUT2D eigenvalue weighted by atomic mass is 16.2. The second kappa shape index (κ2) is 8.36. The van der Waals surface area contributed by atoms with E-state index in [-0.39, 0.29) is 6.03 Å². The molecule has 2 aromatic rings. The van der Waals surface area contributed by atoms with Crippen molar-refractivity contribution in [2.24, 2.45) is 0 Å². The van der Waals surface area contributed by atoms with E-state index >= 15 is 0 Å². The first-order valence-electron chi connectivity index (χ1n) is 8.22. The van der Waals surface area contributed by atoms with E-state index < -0.39 is 0 Å². The molecule has 0 fully saturated rings. The molecule has 2 rings (SSSR count). The lowest BCUT2D eigenvalue weighted by Crippen LogP contribution is -2.40. The maximum Gasteiger partial charge on any atom is 0.317 e. The van der Waals surface area contributed by atoms with Crippen LogP contribution >= 0.6 is 0 Å². The maximum absolute atomic E-state index is 12.2. The number of benzene rings is 1. The molecule has 0 unspecified atom stereocenters. The molecule has 0 atom stereocenters. The second-order valence-corrected chi connectivity index (χ2v) is 5.71. The molecule has 23 heavy (non-hydrogen) atoms. The Morgan fingerprint density at radius 2 is 2.17 bits per heavy atom. The van der Waals surface area contributed by atoms with Gasteiger partial charge in [0.25, 0.3) is 0 Å². The summed E-state index contributed by atoms with van der Waals surface area (Å²) in [6, 6.07) is 8.42. The van der Waals surface area contributed by atoms with E-state index in [2.05, 4.69) is 46.1 Å². The summed E-state index contributed by atoms with van der Waals surface area (Å²) in [5.41, 5.74) is 2.49. The molecule has 0 saturated heterocycles. The van der Waals surface area contributed by atoms with E-state index in [1.807, 2.05) is 20.0 Å². The standard InChI is InChI=1S/C18H26N4O/c1-4-9-20-18(23)21(5-2)14-17-19-10-11-22(17)13-16-8-6-7-15(3)12-16/h6-8,10-12H,4-5,9,13-14H2,1-3H3,(H,20,23). The fourth-order valence-corrected chi connectivity index (χ4v) is 2.48. The Morgan fingerprint density at radius 1 is 1.35 bits per heavy atom. The van der Waals surface area contributed by atoms with E-state index in [9.17, 15) is 4.79 Å². The first-order valence-corrected chi connectivity index (χ1v) is 8.22. The molecule has 0 spiro atoms. The molecule has 0 aliphatic rings. The van der Waals surface area contributed by atoms with Crippen molar-refractivity contribution in [3.63, 3.8) is 0 Å².